The maximum atomic E-state index is 13.5. The van der Waals surface area contributed by atoms with Crippen LogP contribution in [0.4, 0.5) is 5.69 Å². The molecule has 7 nitrogen and oxygen atoms in total. The molecule has 0 aliphatic carbocycles. The quantitative estimate of drug-likeness (QED) is 0.121. The molecule has 1 amide bonds. The van der Waals surface area contributed by atoms with Crippen LogP contribution in [0.1, 0.15) is 124 Å². The van der Waals surface area contributed by atoms with E-state index in [0.29, 0.717) is 45.9 Å². The number of unbranched alkanes of at least 4 members (excludes halogenated alkanes) is 12. The van der Waals surface area contributed by atoms with E-state index in [2.05, 4.69) is 12.2 Å². The molecule has 228 valence electrons. The first kappa shape index (κ1) is 30.5. The molecule has 7 heteroatoms. The number of fused-ring (bicyclic) bond motifs is 6. The van der Waals surface area contributed by atoms with Crippen molar-refractivity contribution in [3.05, 3.63) is 76.9 Å². The fraction of sp³-hybridized carbons (Fsp3) is 0.444. The van der Waals surface area contributed by atoms with E-state index in [1.165, 1.54) is 88.5 Å². The van der Waals surface area contributed by atoms with Gasteiger partial charge in [-0.2, -0.15) is 0 Å². The first-order valence-corrected chi connectivity index (χ1v) is 16.0. The number of hydrogen-bond acceptors (Lipinski definition) is 6. The molecule has 3 N–H and O–H groups in total. The number of phenolic OH excluding ortho intramolecular Hbond substituents is 2. The molecule has 2 aliphatic rings. The van der Waals surface area contributed by atoms with Crippen molar-refractivity contribution in [2.75, 3.05) is 5.32 Å². The van der Waals surface area contributed by atoms with Crippen LogP contribution in [0.2, 0.25) is 0 Å². The summed E-state index contributed by atoms with van der Waals surface area (Å²) in [6.45, 7) is 2.25. The molecule has 43 heavy (non-hydrogen) atoms. The van der Waals surface area contributed by atoms with Gasteiger partial charge in [0.25, 0.3) is 0 Å². The van der Waals surface area contributed by atoms with Crippen LogP contribution in [0.15, 0.2) is 54.6 Å². The van der Waals surface area contributed by atoms with Gasteiger partial charge < -0.3 is 25.0 Å². The second-order valence-corrected chi connectivity index (χ2v) is 11.8. The zero-order valence-electron chi connectivity index (χ0n) is 25.1. The van der Waals surface area contributed by atoms with Gasteiger partial charge in [0.15, 0.2) is 5.60 Å². The first-order valence-electron chi connectivity index (χ1n) is 16.0. The van der Waals surface area contributed by atoms with Crippen LogP contribution >= 0.6 is 0 Å². The van der Waals surface area contributed by atoms with E-state index in [4.69, 9.17) is 9.47 Å². The van der Waals surface area contributed by atoms with E-state index in [9.17, 15) is 19.8 Å². The number of benzene rings is 3. The third-order valence-electron chi connectivity index (χ3n) is 8.58. The minimum absolute atomic E-state index is 0.00349. The Morgan fingerprint density at radius 3 is 1.81 bits per heavy atom. The summed E-state index contributed by atoms with van der Waals surface area (Å²) < 4.78 is 12.2. The number of carbonyl (C=O) groups excluding carboxylic acids is 2. The van der Waals surface area contributed by atoms with E-state index in [0.717, 1.165) is 19.3 Å². The van der Waals surface area contributed by atoms with Gasteiger partial charge in [0.1, 0.15) is 23.0 Å². The highest BCUT2D eigenvalue weighted by Gasteiger charge is 2.54. The largest absolute Gasteiger partial charge is 0.508 e. The number of ether oxygens (including phenoxy) is 2. The van der Waals surface area contributed by atoms with Crippen molar-refractivity contribution < 1.29 is 29.3 Å². The lowest BCUT2D eigenvalue weighted by atomic mass is 9.77. The van der Waals surface area contributed by atoms with E-state index in [1.54, 1.807) is 30.3 Å². The fourth-order valence-electron chi connectivity index (χ4n) is 6.37. The normalized spacial score (nSPS) is 14.0. The van der Waals surface area contributed by atoms with E-state index < -0.39 is 11.6 Å². The number of anilines is 1. The molecule has 2 heterocycles. The lowest BCUT2D eigenvalue weighted by molar-refractivity contribution is -0.116. The lowest BCUT2D eigenvalue weighted by Crippen LogP contribution is -2.32. The summed E-state index contributed by atoms with van der Waals surface area (Å²) in [6.07, 6.45) is 16.5. The average Bonchev–Trinajstić information content (AvgIpc) is 3.28. The van der Waals surface area contributed by atoms with Gasteiger partial charge in [0.05, 0.1) is 11.3 Å². The minimum atomic E-state index is -1.35. The van der Waals surface area contributed by atoms with Crippen molar-refractivity contribution in [3.8, 4) is 23.0 Å². The van der Waals surface area contributed by atoms with Crippen molar-refractivity contribution >= 4 is 17.6 Å². The fourth-order valence-corrected chi connectivity index (χ4v) is 6.37. The standard InChI is InChI=1S/C36H43NO6/c1-2-3-4-5-6-7-8-9-10-11-12-13-14-18-33(40)37-30-17-15-16-29-34(30)35(41)43-36(29)27-21-19-25(38)23-31(27)42-32-24-26(39)20-22-28(32)36/h15-17,19-24,38-39H,2-14,18H2,1H3,(H,37,40). The maximum absolute atomic E-state index is 13.5. The number of amides is 1. The Morgan fingerprint density at radius 1 is 0.721 bits per heavy atom. The van der Waals surface area contributed by atoms with Crippen LogP contribution in [0, 0.1) is 0 Å². The van der Waals surface area contributed by atoms with E-state index in [1.807, 2.05) is 0 Å². The van der Waals surface area contributed by atoms with Gasteiger partial charge in [-0.15, -0.1) is 0 Å². The number of nitrogens with one attached hydrogen (secondary N) is 1. The third kappa shape index (κ3) is 6.66. The van der Waals surface area contributed by atoms with E-state index in [-0.39, 0.29) is 17.4 Å². The number of aromatic hydroxyl groups is 2. The monoisotopic (exact) mass is 585 g/mol. The Hall–Kier alpha value is -4.00. The molecule has 0 fully saturated rings. The number of phenols is 2. The zero-order chi connectivity index (χ0) is 30.2. The van der Waals surface area contributed by atoms with Gasteiger partial charge in [-0.1, -0.05) is 96.1 Å². The highest BCUT2D eigenvalue weighted by Crippen LogP contribution is 2.57. The zero-order valence-corrected chi connectivity index (χ0v) is 25.1. The highest BCUT2D eigenvalue weighted by atomic mass is 16.6. The van der Waals surface area contributed by atoms with Gasteiger partial charge in [0.2, 0.25) is 5.91 Å². The Labute approximate surface area is 254 Å². The molecule has 3 aromatic rings. The Balaban J connectivity index is 1.19. The molecule has 5 rings (SSSR count). The molecular weight excluding hydrogens is 542 g/mol. The lowest BCUT2D eigenvalue weighted by Gasteiger charge is -2.36. The smallest absolute Gasteiger partial charge is 0.342 e. The molecule has 0 atom stereocenters. The van der Waals surface area contributed by atoms with Crippen LogP contribution < -0.4 is 10.1 Å². The van der Waals surface area contributed by atoms with Crippen molar-refractivity contribution in [1.82, 2.24) is 0 Å². The van der Waals surface area contributed by atoms with E-state index >= 15 is 0 Å². The summed E-state index contributed by atoms with van der Waals surface area (Å²) in [4.78, 5) is 26.4. The van der Waals surface area contributed by atoms with Crippen LogP contribution in [0.25, 0.3) is 0 Å². The van der Waals surface area contributed by atoms with Crippen molar-refractivity contribution in [2.45, 2.75) is 102 Å². The number of hydrogen-bond donors (Lipinski definition) is 3. The average molecular weight is 586 g/mol. The SMILES string of the molecule is CCCCCCCCCCCCCCCC(=O)Nc1cccc2c1C(=O)OC21c2ccc(O)cc2Oc2cc(O)ccc21. The summed E-state index contributed by atoms with van der Waals surface area (Å²) >= 11 is 0. The molecule has 0 saturated carbocycles. The minimum Gasteiger partial charge on any atom is -0.508 e. The molecule has 0 radical (unpaired) electrons. The molecule has 0 bridgehead atoms. The summed E-state index contributed by atoms with van der Waals surface area (Å²) in [5.74, 6) is -0.0710. The van der Waals surface area contributed by atoms with Crippen molar-refractivity contribution in [3.63, 3.8) is 0 Å². The van der Waals surface area contributed by atoms with Gasteiger partial charge >= 0.3 is 5.97 Å². The summed E-state index contributed by atoms with van der Waals surface area (Å²) in [5.41, 5.74) is 1.01. The number of carbonyl (C=O) groups is 2. The summed E-state index contributed by atoms with van der Waals surface area (Å²) in [5, 5.41) is 23.2. The Morgan fingerprint density at radius 2 is 1.26 bits per heavy atom. The number of esters is 1. The molecule has 3 aromatic carbocycles. The van der Waals surface area contributed by atoms with Crippen LogP contribution in [0.5, 0.6) is 23.0 Å². The molecule has 0 aromatic heterocycles. The Bertz CT molecular complexity index is 1400. The van der Waals surface area contributed by atoms with Gasteiger partial charge in [0, 0.05) is 35.2 Å². The summed E-state index contributed by atoms with van der Waals surface area (Å²) in [7, 11) is 0. The van der Waals surface area contributed by atoms with Crippen molar-refractivity contribution in [2.24, 2.45) is 0 Å². The third-order valence-corrected chi connectivity index (χ3v) is 8.58. The molecule has 2 aliphatic heterocycles. The van der Waals surface area contributed by atoms with Gasteiger partial charge in [-0.05, 0) is 36.8 Å². The second kappa shape index (κ2) is 14.0. The molecule has 0 saturated heterocycles. The highest BCUT2D eigenvalue weighted by molar-refractivity contribution is 6.05. The predicted octanol–water partition coefficient (Wildman–Crippen LogP) is 9.09. The topological polar surface area (TPSA) is 105 Å². The molecular formula is C36H43NO6. The first-order chi connectivity index (χ1) is 20.9. The van der Waals surface area contributed by atoms with Crippen LogP contribution in [-0.2, 0) is 15.1 Å². The maximum Gasteiger partial charge on any atom is 0.342 e. The second-order valence-electron chi connectivity index (χ2n) is 11.8. The summed E-state index contributed by atoms with van der Waals surface area (Å²) in [6, 6.07) is 14.6. The van der Waals surface area contributed by atoms with Crippen LogP contribution in [0.3, 0.4) is 0 Å². The van der Waals surface area contributed by atoms with Gasteiger partial charge in [-0.3, -0.25) is 4.79 Å². The van der Waals surface area contributed by atoms with Gasteiger partial charge in [-0.25, -0.2) is 4.79 Å². The number of rotatable bonds is 15. The van der Waals surface area contributed by atoms with Crippen LogP contribution in [-0.4, -0.2) is 22.1 Å². The Kier molecular flexibility index (Phi) is 9.90. The molecule has 0 unspecified atom stereocenters. The predicted molar refractivity (Wildman–Crippen MR) is 167 cm³/mol. The van der Waals surface area contributed by atoms with Crippen molar-refractivity contribution in [1.29, 1.82) is 0 Å². The molecule has 1 spiro atoms.